The number of hydrogen-bond donors (Lipinski definition) is 1. The minimum Gasteiger partial charge on any atom is -0.478 e. The van der Waals surface area contributed by atoms with Gasteiger partial charge in [-0.25, -0.2) is 9.48 Å². The van der Waals surface area contributed by atoms with Crippen molar-refractivity contribution in [2.75, 3.05) is 7.11 Å². The van der Waals surface area contributed by atoms with E-state index in [4.69, 9.17) is 4.74 Å². The molecule has 0 amide bonds. The molecule has 0 saturated heterocycles. The number of rotatable bonds is 8. The minimum atomic E-state index is -0.927. The number of hydrogen-bond acceptors (Lipinski definition) is 4. The molecule has 6 heteroatoms. The largest absolute Gasteiger partial charge is 0.478 e. The fraction of sp³-hybridized carbons (Fsp3) is 0.318. The summed E-state index contributed by atoms with van der Waals surface area (Å²) in [7, 11) is 1.57. The number of benzene rings is 2. The molecule has 28 heavy (non-hydrogen) atoms. The van der Waals surface area contributed by atoms with Gasteiger partial charge >= 0.3 is 12.0 Å². The number of ether oxygens (including phenoxy) is 1. The second-order valence-electron chi connectivity index (χ2n) is 7.15. The lowest BCUT2D eigenvalue weighted by atomic mass is 9.99. The van der Waals surface area contributed by atoms with Gasteiger partial charge in [0.25, 0.3) is 0 Å². The molecule has 0 bridgehead atoms. The second kappa shape index (κ2) is 8.69. The monoisotopic (exact) mass is 379 g/mol. The van der Waals surface area contributed by atoms with Crippen molar-refractivity contribution in [3.05, 3.63) is 65.5 Å². The van der Waals surface area contributed by atoms with E-state index >= 15 is 0 Å². The van der Waals surface area contributed by atoms with Crippen LogP contribution in [0, 0.1) is 5.92 Å². The van der Waals surface area contributed by atoms with Gasteiger partial charge in [-0.2, -0.15) is 4.98 Å². The molecular weight excluding hydrogens is 354 g/mol. The van der Waals surface area contributed by atoms with Gasteiger partial charge in [0.05, 0.1) is 19.2 Å². The van der Waals surface area contributed by atoms with Gasteiger partial charge in [0.2, 0.25) is 0 Å². The zero-order valence-corrected chi connectivity index (χ0v) is 16.4. The molecule has 0 spiro atoms. The van der Waals surface area contributed by atoms with Crippen LogP contribution in [-0.2, 0) is 13.0 Å². The van der Waals surface area contributed by atoms with Crippen LogP contribution in [0.3, 0.4) is 0 Å². The standard InChI is InChI=1S/C22H25N3O3/c1-15(2)8-13-20-23-22(28-3)24-25(20)14-16-9-11-17(12-10-16)18-6-4-5-7-19(18)21(26)27/h4-7,9-12,15H,8,13-14H2,1-3H3,(H,26,27). The average molecular weight is 379 g/mol. The zero-order chi connectivity index (χ0) is 20.1. The SMILES string of the molecule is COc1nc(CCC(C)C)n(Cc2ccc(-c3ccccc3C(=O)O)cc2)n1. The summed E-state index contributed by atoms with van der Waals surface area (Å²) in [4.78, 5) is 15.9. The smallest absolute Gasteiger partial charge is 0.336 e. The number of aromatic carboxylic acids is 1. The molecule has 2 aromatic carbocycles. The summed E-state index contributed by atoms with van der Waals surface area (Å²) in [5.74, 6) is 0.569. The number of carbonyl (C=O) groups is 1. The number of nitrogens with zero attached hydrogens (tertiary/aromatic N) is 3. The number of aryl methyl sites for hydroxylation is 1. The van der Waals surface area contributed by atoms with E-state index in [9.17, 15) is 9.90 Å². The molecular formula is C22H25N3O3. The Kier molecular flexibility index (Phi) is 6.09. The highest BCUT2D eigenvalue weighted by atomic mass is 16.5. The molecule has 0 atom stereocenters. The molecule has 3 rings (SSSR count). The van der Waals surface area contributed by atoms with E-state index in [-0.39, 0.29) is 0 Å². The van der Waals surface area contributed by atoms with E-state index in [0.29, 0.717) is 29.6 Å². The van der Waals surface area contributed by atoms with Gasteiger partial charge in [-0.3, -0.25) is 0 Å². The van der Waals surface area contributed by atoms with Gasteiger partial charge in [0, 0.05) is 6.42 Å². The van der Waals surface area contributed by atoms with Crippen LogP contribution in [0.15, 0.2) is 48.5 Å². The van der Waals surface area contributed by atoms with Crippen LogP contribution in [0.1, 0.15) is 42.0 Å². The molecule has 1 aromatic heterocycles. The van der Waals surface area contributed by atoms with Gasteiger partial charge in [-0.1, -0.05) is 56.3 Å². The highest BCUT2D eigenvalue weighted by molar-refractivity contribution is 5.95. The van der Waals surface area contributed by atoms with E-state index in [1.807, 2.05) is 41.1 Å². The van der Waals surface area contributed by atoms with Crippen LogP contribution < -0.4 is 4.74 Å². The third kappa shape index (κ3) is 4.57. The summed E-state index contributed by atoms with van der Waals surface area (Å²) >= 11 is 0. The van der Waals surface area contributed by atoms with Crippen molar-refractivity contribution < 1.29 is 14.6 Å². The molecule has 0 aliphatic carbocycles. The van der Waals surface area contributed by atoms with Crippen molar-refractivity contribution in [3.63, 3.8) is 0 Å². The predicted octanol–water partition coefficient (Wildman–Crippen LogP) is 4.29. The summed E-state index contributed by atoms with van der Waals surface area (Å²) in [6, 6.07) is 15.3. The molecule has 3 aromatic rings. The van der Waals surface area contributed by atoms with E-state index in [2.05, 4.69) is 23.9 Å². The van der Waals surface area contributed by atoms with Gasteiger partial charge in [0.15, 0.2) is 0 Å². The van der Waals surface area contributed by atoms with E-state index in [0.717, 1.165) is 29.8 Å². The molecule has 0 aliphatic heterocycles. The molecule has 0 saturated carbocycles. The van der Waals surface area contributed by atoms with Crippen molar-refractivity contribution in [2.24, 2.45) is 5.92 Å². The Morgan fingerprint density at radius 1 is 1.14 bits per heavy atom. The van der Waals surface area contributed by atoms with Crippen LogP contribution in [0.4, 0.5) is 0 Å². The molecule has 6 nitrogen and oxygen atoms in total. The Morgan fingerprint density at radius 3 is 2.50 bits per heavy atom. The highest BCUT2D eigenvalue weighted by Gasteiger charge is 2.13. The van der Waals surface area contributed by atoms with Gasteiger partial charge < -0.3 is 9.84 Å². The van der Waals surface area contributed by atoms with Crippen molar-refractivity contribution in [3.8, 4) is 17.1 Å². The Bertz CT molecular complexity index is 946. The normalized spacial score (nSPS) is 11.0. The first kappa shape index (κ1) is 19.6. The Balaban J connectivity index is 1.82. The Hall–Kier alpha value is -3.15. The maximum Gasteiger partial charge on any atom is 0.336 e. The first-order chi connectivity index (χ1) is 13.5. The highest BCUT2D eigenvalue weighted by Crippen LogP contribution is 2.24. The number of carboxylic acids is 1. The topological polar surface area (TPSA) is 77.2 Å². The quantitative estimate of drug-likeness (QED) is 0.632. The zero-order valence-electron chi connectivity index (χ0n) is 16.4. The fourth-order valence-corrected chi connectivity index (χ4v) is 3.05. The van der Waals surface area contributed by atoms with Crippen molar-refractivity contribution in [2.45, 2.75) is 33.2 Å². The lowest BCUT2D eigenvalue weighted by Gasteiger charge is -2.09. The molecule has 146 valence electrons. The van der Waals surface area contributed by atoms with E-state index in [1.165, 1.54) is 0 Å². The van der Waals surface area contributed by atoms with Crippen molar-refractivity contribution in [1.82, 2.24) is 14.8 Å². The van der Waals surface area contributed by atoms with Gasteiger partial charge in [0.1, 0.15) is 5.82 Å². The maximum absolute atomic E-state index is 11.5. The summed E-state index contributed by atoms with van der Waals surface area (Å²) in [6.07, 6.45) is 1.88. The fourth-order valence-electron chi connectivity index (χ4n) is 3.05. The Morgan fingerprint density at radius 2 is 1.86 bits per heavy atom. The van der Waals surface area contributed by atoms with Gasteiger partial charge in [-0.05, 0) is 35.1 Å². The third-order valence-electron chi connectivity index (χ3n) is 4.61. The minimum absolute atomic E-state index is 0.298. The summed E-state index contributed by atoms with van der Waals surface area (Å²) in [5, 5.41) is 13.8. The molecule has 0 radical (unpaired) electrons. The number of carboxylic acid groups (broad SMARTS) is 1. The summed E-state index contributed by atoms with van der Waals surface area (Å²) in [6.45, 7) is 4.96. The number of aromatic nitrogens is 3. The summed E-state index contributed by atoms with van der Waals surface area (Å²) < 4.78 is 7.07. The first-order valence-electron chi connectivity index (χ1n) is 9.37. The van der Waals surface area contributed by atoms with Crippen LogP contribution >= 0.6 is 0 Å². The first-order valence-corrected chi connectivity index (χ1v) is 9.37. The molecule has 1 N–H and O–H groups in total. The average Bonchev–Trinajstić information content (AvgIpc) is 3.09. The van der Waals surface area contributed by atoms with Crippen LogP contribution in [0.25, 0.3) is 11.1 Å². The molecule has 1 heterocycles. The Labute approximate surface area is 164 Å². The van der Waals surface area contributed by atoms with Crippen LogP contribution in [-0.4, -0.2) is 33.0 Å². The third-order valence-corrected chi connectivity index (χ3v) is 4.61. The molecule has 0 fully saturated rings. The predicted molar refractivity (Wildman–Crippen MR) is 108 cm³/mol. The van der Waals surface area contributed by atoms with E-state index < -0.39 is 5.97 Å². The van der Waals surface area contributed by atoms with Crippen molar-refractivity contribution >= 4 is 5.97 Å². The van der Waals surface area contributed by atoms with Gasteiger partial charge in [-0.15, -0.1) is 5.10 Å². The lowest BCUT2D eigenvalue weighted by molar-refractivity contribution is 0.0697. The lowest BCUT2D eigenvalue weighted by Crippen LogP contribution is -2.08. The van der Waals surface area contributed by atoms with Crippen LogP contribution in [0.5, 0.6) is 6.01 Å². The van der Waals surface area contributed by atoms with E-state index in [1.54, 1.807) is 19.2 Å². The van der Waals surface area contributed by atoms with Crippen molar-refractivity contribution in [1.29, 1.82) is 0 Å². The maximum atomic E-state index is 11.5. The molecule has 0 unspecified atom stereocenters. The second-order valence-corrected chi connectivity index (χ2v) is 7.15. The van der Waals surface area contributed by atoms with Crippen LogP contribution in [0.2, 0.25) is 0 Å². The number of methoxy groups -OCH3 is 1. The summed E-state index contributed by atoms with van der Waals surface area (Å²) in [5.41, 5.74) is 2.95. The molecule has 0 aliphatic rings.